The lowest BCUT2D eigenvalue weighted by molar-refractivity contribution is -0.645. The highest BCUT2D eigenvalue weighted by atomic mass is 15.0. The predicted octanol–water partition coefficient (Wildman–Crippen LogP) is 7.35. The summed E-state index contributed by atoms with van der Waals surface area (Å²) >= 11 is 0. The fraction of sp³-hybridized carbons (Fsp3) is 0.276. The number of para-hydroxylation sites is 2. The lowest BCUT2D eigenvalue weighted by Crippen LogP contribution is -2.35. The Morgan fingerprint density at radius 1 is 0.613 bits per heavy atom. The summed E-state index contributed by atoms with van der Waals surface area (Å²) in [6.07, 6.45) is 9.05. The smallest absolute Gasteiger partial charge is 0.238 e. The van der Waals surface area contributed by atoms with E-state index in [-0.39, 0.29) is 0 Å². The zero-order valence-corrected chi connectivity index (χ0v) is 18.2. The maximum absolute atomic E-state index is 3.63. The van der Waals surface area contributed by atoms with Gasteiger partial charge < -0.3 is 4.98 Å². The van der Waals surface area contributed by atoms with Gasteiger partial charge in [0.15, 0.2) is 0 Å². The summed E-state index contributed by atoms with van der Waals surface area (Å²) in [4.78, 5) is 3.63. The van der Waals surface area contributed by atoms with Crippen molar-refractivity contribution in [3.63, 3.8) is 0 Å². The lowest BCUT2D eigenvalue weighted by Gasteiger charge is -2.05. The number of hydrogen-bond donors (Lipinski definition) is 1. The van der Waals surface area contributed by atoms with Crippen molar-refractivity contribution in [2.45, 2.75) is 51.5 Å². The number of unbranched alkanes of at least 4 members (excludes halogenated alkanes) is 5. The predicted molar refractivity (Wildman–Crippen MR) is 131 cm³/mol. The van der Waals surface area contributed by atoms with Crippen molar-refractivity contribution in [3.8, 4) is 0 Å². The van der Waals surface area contributed by atoms with Crippen LogP contribution in [0.3, 0.4) is 0 Å². The molecule has 0 saturated heterocycles. The standard InChI is InChI=1S/C29H30N2/c1(3-6-14-23-15-7-5-8-16-23)2-4-13-21-31-28-20-12-9-17-24(28)22-27-29(31)25-18-10-11-19-26(25)30-27/h5,7-12,15-20,22H,1-4,6,13-14,21H2/p+1. The fourth-order valence-electron chi connectivity index (χ4n) is 4.86. The number of H-pyrrole nitrogens is 1. The second-order valence-electron chi connectivity index (χ2n) is 8.64. The summed E-state index contributed by atoms with van der Waals surface area (Å²) < 4.78 is 2.54. The molecule has 2 heteroatoms. The number of aromatic amines is 1. The highest BCUT2D eigenvalue weighted by Crippen LogP contribution is 2.26. The number of aryl methyl sites for hydroxylation is 2. The summed E-state index contributed by atoms with van der Waals surface area (Å²) in [7, 11) is 0. The number of pyridine rings is 1. The van der Waals surface area contributed by atoms with Gasteiger partial charge in [-0.3, -0.25) is 0 Å². The van der Waals surface area contributed by atoms with Gasteiger partial charge in [0, 0.05) is 17.9 Å². The molecule has 5 aromatic rings. The summed E-state index contributed by atoms with van der Waals surface area (Å²) in [6, 6.07) is 30.6. The van der Waals surface area contributed by atoms with E-state index in [2.05, 4.69) is 94.5 Å². The molecule has 1 N–H and O–H groups in total. The van der Waals surface area contributed by atoms with Crippen LogP contribution in [0.1, 0.15) is 44.1 Å². The van der Waals surface area contributed by atoms with Crippen LogP contribution in [0, 0.1) is 0 Å². The van der Waals surface area contributed by atoms with Gasteiger partial charge >= 0.3 is 0 Å². The monoisotopic (exact) mass is 407 g/mol. The van der Waals surface area contributed by atoms with Crippen LogP contribution in [-0.2, 0) is 13.0 Å². The Bertz CT molecular complexity index is 1280. The number of nitrogens with zero attached hydrogens (tertiary/aromatic N) is 1. The average Bonchev–Trinajstić information content (AvgIpc) is 3.19. The molecule has 5 rings (SSSR count). The first-order valence-electron chi connectivity index (χ1n) is 11.8. The van der Waals surface area contributed by atoms with E-state index in [0.29, 0.717) is 0 Å². The van der Waals surface area contributed by atoms with E-state index in [1.807, 2.05) is 0 Å². The maximum Gasteiger partial charge on any atom is 0.238 e. The topological polar surface area (TPSA) is 19.7 Å². The first kappa shape index (κ1) is 19.8. The minimum absolute atomic E-state index is 1.07. The van der Waals surface area contributed by atoms with E-state index >= 15 is 0 Å². The number of nitrogens with one attached hydrogen (secondary N) is 1. The molecule has 0 aliphatic rings. The molecule has 2 aromatic heterocycles. The van der Waals surface area contributed by atoms with E-state index < -0.39 is 0 Å². The molecular weight excluding hydrogens is 376 g/mol. The Kier molecular flexibility index (Phi) is 5.97. The van der Waals surface area contributed by atoms with Crippen LogP contribution in [-0.4, -0.2) is 4.98 Å². The largest absolute Gasteiger partial charge is 0.349 e. The van der Waals surface area contributed by atoms with Crippen LogP contribution in [0.4, 0.5) is 0 Å². The average molecular weight is 408 g/mol. The molecule has 0 bridgehead atoms. The number of rotatable bonds is 9. The minimum Gasteiger partial charge on any atom is -0.349 e. The fourth-order valence-corrected chi connectivity index (χ4v) is 4.86. The van der Waals surface area contributed by atoms with Crippen molar-refractivity contribution in [1.82, 2.24) is 4.98 Å². The van der Waals surface area contributed by atoms with Gasteiger partial charge in [-0.1, -0.05) is 73.9 Å². The third-order valence-electron chi connectivity index (χ3n) is 6.44. The molecule has 2 nitrogen and oxygen atoms in total. The van der Waals surface area contributed by atoms with E-state index in [1.165, 1.54) is 83.3 Å². The Hall–Kier alpha value is -3.13. The quantitative estimate of drug-likeness (QED) is 0.195. The van der Waals surface area contributed by atoms with Gasteiger partial charge in [0.1, 0.15) is 12.1 Å². The van der Waals surface area contributed by atoms with E-state index in [1.54, 1.807) is 0 Å². The third kappa shape index (κ3) is 4.34. The van der Waals surface area contributed by atoms with Crippen LogP contribution < -0.4 is 4.57 Å². The molecule has 0 fully saturated rings. The second-order valence-corrected chi connectivity index (χ2v) is 8.64. The van der Waals surface area contributed by atoms with Crippen molar-refractivity contribution in [3.05, 3.63) is 90.5 Å². The Morgan fingerprint density at radius 2 is 1.32 bits per heavy atom. The van der Waals surface area contributed by atoms with Crippen molar-refractivity contribution >= 4 is 32.8 Å². The van der Waals surface area contributed by atoms with E-state index in [4.69, 9.17) is 0 Å². The van der Waals surface area contributed by atoms with Gasteiger partial charge in [-0.15, -0.1) is 0 Å². The molecule has 0 spiro atoms. The molecule has 0 saturated carbocycles. The molecule has 0 aliphatic heterocycles. The zero-order chi connectivity index (χ0) is 20.9. The van der Waals surface area contributed by atoms with Crippen LogP contribution in [0.5, 0.6) is 0 Å². The Morgan fingerprint density at radius 3 is 2.23 bits per heavy atom. The SMILES string of the molecule is c1ccc(CCCCCCCC[n+]2c3ccccc3cc3[nH]c4ccccc4c32)cc1. The summed E-state index contributed by atoms with van der Waals surface area (Å²) in [6.45, 7) is 1.07. The zero-order valence-electron chi connectivity index (χ0n) is 18.2. The maximum atomic E-state index is 3.63. The van der Waals surface area contributed by atoms with Gasteiger partial charge in [0.2, 0.25) is 11.0 Å². The number of hydrogen-bond acceptors (Lipinski definition) is 0. The van der Waals surface area contributed by atoms with Crippen molar-refractivity contribution in [1.29, 1.82) is 0 Å². The van der Waals surface area contributed by atoms with Gasteiger partial charge in [0.25, 0.3) is 0 Å². The lowest BCUT2D eigenvalue weighted by atomic mass is 10.0. The molecule has 31 heavy (non-hydrogen) atoms. The normalized spacial score (nSPS) is 11.6. The van der Waals surface area contributed by atoms with Crippen molar-refractivity contribution in [2.24, 2.45) is 0 Å². The van der Waals surface area contributed by atoms with Crippen LogP contribution in [0.2, 0.25) is 0 Å². The number of benzene rings is 3. The number of fused-ring (bicyclic) bond motifs is 4. The van der Waals surface area contributed by atoms with Crippen molar-refractivity contribution in [2.75, 3.05) is 0 Å². The molecule has 0 atom stereocenters. The summed E-state index contributed by atoms with van der Waals surface area (Å²) in [5, 5.41) is 2.63. The van der Waals surface area contributed by atoms with Gasteiger partial charge in [-0.2, -0.15) is 4.57 Å². The van der Waals surface area contributed by atoms with Crippen LogP contribution >= 0.6 is 0 Å². The summed E-state index contributed by atoms with van der Waals surface area (Å²) in [5.41, 5.74) is 6.61. The minimum atomic E-state index is 1.07. The van der Waals surface area contributed by atoms with Gasteiger partial charge in [-0.05, 0) is 49.1 Å². The highest BCUT2D eigenvalue weighted by Gasteiger charge is 2.19. The van der Waals surface area contributed by atoms with Crippen LogP contribution in [0.25, 0.3) is 32.8 Å². The van der Waals surface area contributed by atoms with Crippen LogP contribution in [0.15, 0.2) is 84.9 Å². The first-order valence-corrected chi connectivity index (χ1v) is 11.8. The van der Waals surface area contributed by atoms with Gasteiger partial charge in [0.05, 0.1) is 10.9 Å². The molecule has 0 unspecified atom stereocenters. The Balaban J connectivity index is 1.23. The van der Waals surface area contributed by atoms with E-state index in [0.717, 1.165) is 6.54 Å². The summed E-state index contributed by atoms with van der Waals surface area (Å²) in [5.74, 6) is 0. The second kappa shape index (κ2) is 9.34. The molecule has 3 aromatic carbocycles. The molecule has 0 amide bonds. The molecule has 0 radical (unpaired) electrons. The van der Waals surface area contributed by atoms with Crippen molar-refractivity contribution < 1.29 is 4.57 Å². The Labute approximate surface area is 184 Å². The molecule has 0 aliphatic carbocycles. The first-order chi connectivity index (χ1) is 15.4. The third-order valence-corrected chi connectivity index (χ3v) is 6.44. The van der Waals surface area contributed by atoms with E-state index in [9.17, 15) is 0 Å². The molecule has 2 heterocycles. The van der Waals surface area contributed by atoms with Gasteiger partial charge in [-0.25, -0.2) is 0 Å². The highest BCUT2D eigenvalue weighted by molar-refractivity contribution is 6.05. The molecule has 156 valence electrons. The molecular formula is C29H31N2+. The number of aromatic nitrogens is 2.